The summed E-state index contributed by atoms with van der Waals surface area (Å²) < 4.78 is 16.9. The fraction of sp³-hybridized carbons (Fsp3) is 0.929. The van der Waals surface area contributed by atoms with E-state index in [1.165, 1.54) is 295 Å². The van der Waals surface area contributed by atoms with Crippen molar-refractivity contribution in [1.82, 2.24) is 0 Å². The number of carbonyl (C=O) groups excluding carboxylic acids is 3. The minimum absolute atomic E-state index is 0.0663. The van der Waals surface area contributed by atoms with E-state index in [0.29, 0.717) is 19.3 Å². The van der Waals surface area contributed by atoms with E-state index < -0.39 is 6.10 Å². The van der Waals surface area contributed by atoms with Crippen LogP contribution in [-0.4, -0.2) is 37.2 Å². The highest BCUT2D eigenvalue weighted by molar-refractivity contribution is 5.71. The Morgan fingerprint density at radius 2 is 0.434 bits per heavy atom. The molecule has 6 nitrogen and oxygen atoms in total. The van der Waals surface area contributed by atoms with Gasteiger partial charge in [-0.1, -0.05) is 348 Å². The fourth-order valence-corrected chi connectivity index (χ4v) is 10.8. The van der Waals surface area contributed by atoms with Crippen molar-refractivity contribution >= 4 is 17.9 Å². The van der Waals surface area contributed by atoms with E-state index in [2.05, 4.69) is 32.9 Å². The van der Waals surface area contributed by atoms with Crippen LogP contribution in [-0.2, 0) is 28.6 Å². The van der Waals surface area contributed by atoms with Crippen LogP contribution in [0.25, 0.3) is 0 Å². The van der Waals surface area contributed by atoms with Crippen LogP contribution in [0.3, 0.4) is 0 Å². The van der Waals surface area contributed by atoms with Gasteiger partial charge in [0.25, 0.3) is 0 Å². The fourth-order valence-electron chi connectivity index (χ4n) is 10.8. The van der Waals surface area contributed by atoms with Gasteiger partial charge in [-0.3, -0.25) is 14.4 Å². The quantitative estimate of drug-likeness (QED) is 0.0261. The zero-order chi connectivity index (χ0) is 55.0. The van der Waals surface area contributed by atoms with Gasteiger partial charge in [-0.15, -0.1) is 0 Å². The van der Waals surface area contributed by atoms with Crippen LogP contribution in [0.1, 0.15) is 400 Å². The molecule has 0 aromatic carbocycles. The van der Waals surface area contributed by atoms with Crippen LogP contribution >= 0.6 is 0 Å². The van der Waals surface area contributed by atoms with Crippen LogP contribution in [0.2, 0.25) is 0 Å². The van der Waals surface area contributed by atoms with Gasteiger partial charge in [0, 0.05) is 19.3 Å². The molecule has 0 aliphatic heterocycles. The van der Waals surface area contributed by atoms with Gasteiger partial charge in [-0.25, -0.2) is 0 Å². The van der Waals surface area contributed by atoms with Crippen LogP contribution in [0.15, 0.2) is 12.2 Å². The highest BCUT2D eigenvalue weighted by atomic mass is 16.6. The Balaban J connectivity index is 4.00. The lowest BCUT2D eigenvalue weighted by Crippen LogP contribution is -2.30. The van der Waals surface area contributed by atoms with E-state index in [1.54, 1.807) is 0 Å². The molecule has 0 aliphatic rings. The molecule has 0 fully saturated rings. The van der Waals surface area contributed by atoms with Gasteiger partial charge >= 0.3 is 17.9 Å². The highest BCUT2D eigenvalue weighted by Crippen LogP contribution is 2.19. The largest absolute Gasteiger partial charge is 0.462 e. The molecule has 450 valence electrons. The predicted molar refractivity (Wildman–Crippen MR) is 330 cm³/mol. The van der Waals surface area contributed by atoms with Crippen molar-refractivity contribution in [2.24, 2.45) is 0 Å². The summed E-state index contributed by atoms with van der Waals surface area (Å²) >= 11 is 0. The molecular weight excluding hydrogens is 937 g/mol. The zero-order valence-electron chi connectivity index (χ0n) is 51.8. The smallest absolute Gasteiger partial charge is 0.306 e. The maximum Gasteiger partial charge on any atom is 0.306 e. The summed E-state index contributed by atoms with van der Waals surface area (Å²) in [7, 11) is 0. The third-order valence-corrected chi connectivity index (χ3v) is 16.0. The van der Waals surface area contributed by atoms with Crippen LogP contribution in [0.5, 0.6) is 0 Å². The average Bonchev–Trinajstić information content (AvgIpc) is 3.42. The molecule has 0 amide bonds. The summed E-state index contributed by atoms with van der Waals surface area (Å²) in [6.07, 6.45) is 78.4. The van der Waals surface area contributed by atoms with Crippen molar-refractivity contribution in [2.45, 2.75) is 406 Å². The number of ether oxygens (including phenoxy) is 3. The Labute approximate surface area is 475 Å². The highest BCUT2D eigenvalue weighted by Gasteiger charge is 2.19. The molecule has 0 saturated carbocycles. The van der Waals surface area contributed by atoms with E-state index in [1.807, 2.05) is 0 Å². The summed E-state index contributed by atoms with van der Waals surface area (Å²) in [5.41, 5.74) is 0. The molecule has 0 rings (SSSR count). The molecule has 0 spiro atoms. The lowest BCUT2D eigenvalue weighted by atomic mass is 10.0. The van der Waals surface area contributed by atoms with E-state index in [4.69, 9.17) is 14.2 Å². The van der Waals surface area contributed by atoms with Crippen LogP contribution in [0.4, 0.5) is 0 Å². The maximum atomic E-state index is 12.9. The summed E-state index contributed by atoms with van der Waals surface area (Å²) in [6.45, 7) is 6.68. The number of carbonyl (C=O) groups is 3. The number of rotatable bonds is 65. The molecule has 0 aromatic rings. The van der Waals surface area contributed by atoms with Gasteiger partial charge in [0.15, 0.2) is 6.10 Å². The monoisotopic (exact) mass is 1070 g/mol. The molecule has 76 heavy (non-hydrogen) atoms. The van der Waals surface area contributed by atoms with Crippen LogP contribution < -0.4 is 0 Å². The maximum absolute atomic E-state index is 12.9. The summed E-state index contributed by atoms with van der Waals surface area (Å²) in [5.74, 6) is -0.848. The van der Waals surface area contributed by atoms with Gasteiger partial charge in [0.2, 0.25) is 0 Å². The topological polar surface area (TPSA) is 78.9 Å². The summed E-state index contributed by atoms with van der Waals surface area (Å²) in [5, 5.41) is 0. The molecule has 0 saturated heterocycles. The zero-order valence-corrected chi connectivity index (χ0v) is 51.8. The molecule has 0 aliphatic carbocycles. The van der Waals surface area contributed by atoms with Crippen molar-refractivity contribution in [1.29, 1.82) is 0 Å². The standard InChI is InChI=1S/C70H134O6/c1-4-7-10-13-16-19-22-25-26-27-28-29-30-31-32-33-34-35-36-37-38-39-40-41-42-43-44-46-48-51-54-57-60-63-69(72)75-66-67(65-74-68(71)62-59-56-53-50-47-24-21-18-15-12-9-6-3)76-70(73)64-61-58-55-52-49-45-23-20-17-14-11-8-5-2/h18,21,67H,4-17,19-20,22-66H2,1-3H3/b21-18-. The second-order valence-electron chi connectivity index (χ2n) is 23.8. The minimum atomic E-state index is -0.768. The number of esters is 3. The summed E-state index contributed by atoms with van der Waals surface area (Å²) in [6, 6.07) is 0. The third-order valence-electron chi connectivity index (χ3n) is 16.0. The van der Waals surface area contributed by atoms with E-state index in [0.717, 1.165) is 64.2 Å². The molecule has 0 heterocycles. The molecule has 0 aromatic heterocycles. The SMILES string of the molecule is CCCCC/C=C\CCCCCCCC(=O)OCC(COC(=O)CCCCCCCCCCCCCCCCCCCCCCCCCCCCCCCCCCC)OC(=O)CCCCCCCCCCCCCCC. The Bertz CT molecular complexity index is 1180. The first-order valence-electron chi connectivity index (χ1n) is 34.7. The van der Waals surface area contributed by atoms with E-state index in [-0.39, 0.29) is 31.1 Å². The minimum Gasteiger partial charge on any atom is -0.462 e. The van der Waals surface area contributed by atoms with E-state index >= 15 is 0 Å². The Hall–Kier alpha value is -1.85. The molecule has 0 bridgehead atoms. The molecule has 0 radical (unpaired) electrons. The Kier molecular flexibility index (Phi) is 64.1. The molecule has 1 atom stereocenters. The van der Waals surface area contributed by atoms with Crippen molar-refractivity contribution in [3.05, 3.63) is 12.2 Å². The predicted octanol–water partition coefficient (Wildman–Crippen LogP) is 23.6. The second-order valence-corrected chi connectivity index (χ2v) is 23.8. The molecule has 6 heteroatoms. The number of allylic oxidation sites excluding steroid dienone is 2. The average molecular weight is 1070 g/mol. The molecular formula is C70H134O6. The first kappa shape index (κ1) is 74.2. The summed E-state index contributed by atoms with van der Waals surface area (Å²) in [4.78, 5) is 38.2. The lowest BCUT2D eigenvalue weighted by molar-refractivity contribution is -0.167. The Morgan fingerprint density at radius 1 is 0.250 bits per heavy atom. The van der Waals surface area contributed by atoms with Gasteiger partial charge in [-0.2, -0.15) is 0 Å². The molecule has 0 N–H and O–H groups in total. The first-order chi connectivity index (χ1) is 37.5. The van der Waals surface area contributed by atoms with Gasteiger partial charge in [0.1, 0.15) is 13.2 Å². The number of hydrogen-bond acceptors (Lipinski definition) is 6. The van der Waals surface area contributed by atoms with Gasteiger partial charge in [-0.05, 0) is 44.9 Å². The van der Waals surface area contributed by atoms with Gasteiger partial charge in [0.05, 0.1) is 0 Å². The molecule has 1 unspecified atom stereocenters. The van der Waals surface area contributed by atoms with Gasteiger partial charge < -0.3 is 14.2 Å². The van der Waals surface area contributed by atoms with E-state index in [9.17, 15) is 14.4 Å². The lowest BCUT2D eigenvalue weighted by Gasteiger charge is -2.18. The normalized spacial score (nSPS) is 12.0. The van der Waals surface area contributed by atoms with Crippen molar-refractivity contribution < 1.29 is 28.6 Å². The van der Waals surface area contributed by atoms with Crippen molar-refractivity contribution in [3.8, 4) is 0 Å². The Morgan fingerprint density at radius 3 is 0.684 bits per heavy atom. The number of unbranched alkanes of at least 4 members (excludes halogenated alkanes) is 52. The van der Waals surface area contributed by atoms with Crippen molar-refractivity contribution in [2.75, 3.05) is 13.2 Å². The first-order valence-corrected chi connectivity index (χ1v) is 34.7. The second kappa shape index (κ2) is 65.7. The van der Waals surface area contributed by atoms with Crippen LogP contribution in [0, 0.1) is 0 Å². The number of hydrogen-bond donors (Lipinski definition) is 0. The van der Waals surface area contributed by atoms with Crippen molar-refractivity contribution in [3.63, 3.8) is 0 Å². The third kappa shape index (κ3) is 63.0.